The van der Waals surface area contributed by atoms with Crippen LogP contribution in [-0.2, 0) is 0 Å². The van der Waals surface area contributed by atoms with E-state index >= 15 is 0 Å². The van der Waals surface area contributed by atoms with Crippen molar-refractivity contribution in [2.75, 3.05) is 0 Å². The van der Waals surface area contributed by atoms with Gasteiger partial charge in [-0.3, -0.25) is 4.98 Å². The third-order valence-corrected chi connectivity index (χ3v) is 1.88. The molecular weight excluding hydrogens is 239 g/mol. The van der Waals surface area contributed by atoms with Crippen molar-refractivity contribution in [2.45, 2.75) is 13.0 Å². The molecule has 1 heterocycles. The molecule has 10 heavy (non-hydrogen) atoms. The summed E-state index contributed by atoms with van der Waals surface area (Å²) in [5.74, 6) is 0. The predicted octanol–water partition coefficient (Wildman–Crippen LogP) is 1.71. The second-order valence-electron chi connectivity index (χ2n) is 2.19. The summed E-state index contributed by atoms with van der Waals surface area (Å²) in [6, 6.07) is 3.98. The van der Waals surface area contributed by atoms with Gasteiger partial charge in [-0.15, -0.1) is 0 Å². The third kappa shape index (κ3) is 1.91. The van der Waals surface area contributed by atoms with E-state index in [1.807, 2.05) is 19.1 Å². The highest BCUT2D eigenvalue weighted by atomic mass is 127. The smallest absolute Gasteiger partial charge is 0.0578 e. The van der Waals surface area contributed by atoms with Crippen LogP contribution in [0.15, 0.2) is 18.3 Å². The van der Waals surface area contributed by atoms with Crippen LogP contribution in [0.5, 0.6) is 0 Å². The van der Waals surface area contributed by atoms with Crippen molar-refractivity contribution in [3.05, 3.63) is 27.6 Å². The summed E-state index contributed by atoms with van der Waals surface area (Å²) in [4.78, 5) is 4.11. The molecule has 0 spiro atoms. The van der Waals surface area contributed by atoms with E-state index in [1.165, 1.54) is 3.57 Å². The first-order valence-corrected chi connectivity index (χ1v) is 4.15. The van der Waals surface area contributed by atoms with Crippen LogP contribution in [0.3, 0.4) is 0 Å². The van der Waals surface area contributed by atoms with Gasteiger partial charge in [0.25, 0.3) is 0 Å². The van der Waals surface area contributed by atoms with Gasteiger partial charge in [0, 0.05) is 15.8 Å². The fourth-order valence-electron chi connectivity index (χ4n) is 0.670. The molecule has 0 fully saturated rings. The van der Waals surface area contributed by atoms with Crippen LogP contribution >= 0.6 is 22.6 Å². The molecule has 1 rings (SSSR count). The minimum atomic E-state index is 0.0368. The molecule has 0 amide bonds. The number of aromatic nitrogens is 1. The molecule has 0 saturated heterocycles. The van der Waals surface area contributed by atoms with E-state index in [0.717, 1.165) is 5.69 Å². The van der Waals surface area contributed by atoms with E-state index in [2.05, 4.69) is 27.6 Å². The van der Waals surface area contributed by atoms with E-state index in [0.29, 0.717) is 0 Å². The van der Waals surface area contributed by atoms with Crippen LogP contribution in [0.2, 0.25) is 0 Å². The number of pyridine rings is 1. The molecule has 0 aliphatic rings. The third-order valence-electron chi connectivity index (χ3n) is 1.21. The highest BCUT2D eigenvalue weighted by molar-refractivity contribution is 14.1. The number of hydrogen-bond acceptors (Lipinski definition) is 2. The van der Waals surface area contributed by atoms with Crippen LogP contribution in [0.1, 0.15) is 18.7 Å². The largest absolute Gasteiger partial charge is 0.323 e. The molecule has 1 aromatic heterocycles. The van der Waals surface area contributed by atoms with Crippen molar-refractivity contribution in [1.29, 1.82) is 0 Å². The van der Waals surface area contributed by atoms with Gasteiger partial charge in [-0.05, 0) is 41.6 Å². The van der Waals surface area contributed by atoms with Gasteiger partial charge < -0.3 is 5.73 Å². The van der Waals surface area contributed by atoms with Gasteiger partial charge in [0.1, 0.15) is 0 Å². The summed E-state index contributed by atoms with van der Waals surface area (Å²) in [5, 5.41) is 0. The molecule has 0 saturated carbocycles. The zero-order valence-electron chi connectivity index (χ0n) is 5.71. The van der Waals surface area contributed by atoms with Crippen LogP contribution < -0.4 is 5.73 Å². The Balaban J connectivity index is 2.96. The Morgan fingerprint density at radius 1 is 1.70 bits per heavy atom. The van der Waals surface area contributed by atoms with E-state index < -0.39 is 0 Å². The van der Waals surface area contributed by atoms with Gasteiger partial charge in [0.2, 0.25) is 0 Å². The summed E-state index contributed by atoms with van der Waals surface area (Å²) >= 11 is 2.24. The normalized spacial score (nSPS) is 13.1. The summed E-state index contributed by atoms with van der Waals surface area (Å²) in [6.07, 6.45) is 1.78. The van der Waals surface area contributed by atoms with Crippen molar-refractivity contribution in [3.63, 3.8) is 0 Å². The Bertz CT molecular complexity index is 223. The number of halogens is 1. The minimum Gasteiger partial charge on any atom is -0.323 e. The zero-order valence-corrected chi connectivity index (χ0v) is 7.87. The Kier molecular flexibility index (Phi) is 2.62. The lowest BCUT2D eigenvalue weighted by Crippen LogP contribution is -2.06. The molecule has 1 aromatic rings. The summed E-state index contributed by atoms with van der Waals surface area (Å²) in [7, 11) is 0. The maximum absolute atomic E-state index is 5.62. The summed E-state index contributed by atoms with van der Waals surface area (Å²) in [6.45, 7) is 1.93. The quantitative estimate of drug-likeness (QED) is 0.768. The van der Waals surface area contributed by atoms with E-state index in [-0.39, 0.29) is 6.04 Å². The first-order chi connectivity index (χ1) is 4.70. The molecular formula is C7H9IN2. The number of nitrogens with two attached hydrogens (primary N) is 1. The highest BCUT2D eigenvalue weighted by Crippen LogP contribution is 2.09. The van der Waals surface area contributed by atoms with Crippen molar-refractivity contribution in [1.82, 2.24) is 4.98 Å². The fourth-order valence-corrected chi connectivity index (χ4v) is 1.15. The van der Waals surface area contributed by atoms with Gasteiger partial charge >= 0.3 is 0 Å². The van der Waals surface area contributed by atoms with Gasteiger partial charge in [-0.1, -0.05) is 0 Å². The molecule has 54 valence electrons. The van der Waals surface area contributed by atoms with Crippen molar-refractivity contribution in [2.24, 2.45) is 5.73 Å². The maximum atomic E-state index is 5.62. The summed E-state index contributed by atoms with van der Waals surface area (Å²) < 4.78 is 1.18. The molecule has 0 aliphatic carbocycles. The lowest BCUT2D eigenvalue weighted by Gasteiger charge is -2.02. The molecule has 2 nitrogen and oxygen atoms in total. The lowest BCUT2D eigenvalue weighted by atomic mass is 10.2. The Hall–Kier alpha value is -0.160. The van der Waals surface area contributed by atoms with Crippen molar-refractivity contribution < 1.29 is 0 Å². The highest BCUT2D eigenvalue weighted by Gasteiger charge is 1.98. The van der Waals surface area contributed by atoms with E-state index in [4.69, 9.17) is 5.73 Å². The van der Waals surface area contributed by atoms with Crippen LogP contribution in [0.4, 0.5) is 0 Å². The topological polar surface area (TPSA) is 38.9 Å². The average molecular weight is 248 g/mol. The minimum absolute atomic E-state index is 0.0368. The molecule has 0 unspecified atom stereocenters. The average Bonchev–Trinajstić information content (AvgIpc) is 1.88. The monoisotopic (exact) mass is 248 g/mol. The van der Waals surface area contributed by atoms with Gasteiger partial charge in [-0.25, -0.2) is 0 Å². The number of rotatable bonds is 1. The second kappa shape index (κ2) is 3.30. The first kappa shape index (κ1) is 7.94. The van der Waals surface area contributed by atoms with Gasteiger partial charge in [0.15, 0.2) is 0 Å². The molecule has 0 aromatic carbocycles. The lowest BCUT2D eigenvalue weighted by molar-refractivity contribution is 0.780. The zero-order chi connectivity index (χ0) is 7.56. The van der Waals surface area contributed by atoms with Crippen molar-refractivity contribution >= 4 is 22.6 Å². The van der Waals surface area contributed by atoms with Crippen LogP contribution in [-0.4, -0.2) is 4.98 Å². The SMILES string of the molecule is C[C@@H](N)c1cc(I)ccn1. The summed E-state index contributed by atoms with van der Waals surface area (Å²) in [5.41, 5.74) is 6.57. The molecule has 0 radical (unpaired) electrons. The van der Waals surface area contributed by atoms with Crippen LogP contribution in [0, 0.1) is 3.57 Å². The standard InChI is InChI=1S/C7H9IN2/c1-5(9)7-4-6(8)2-3-10-7/h2-5H,9H2,1H3/t5-/m1/s1. The first-order valence-electron chi connectivity index (χ1n) is 3.07. The number of hydrogen-bond donors (Lipinski definition) is 1. The molecule has 0 bridgehead atoms. The predicted molar refractivity (Wildman–Crippen MR) is 49.6 cm³/mol. The Labute approximate surface area is 74.0 Å². The number of nitrogens with zero attached hydrogens (tertiary/aromatic N) is 1. The Morgan fingerprint density at radius 2 is 2.40 bits per heavy atom. The molecule has 1 atom stereocenters. The van der Waals surface area contributed by atoms with E-state index in [1.54, 1.807) is 6.20 Å². The van der Waals surface area contributed by atoms with Gasteiger partial charge in [0.05, 0.1) is 5.69 Å². The van der Waals surface area contributed by atoms with Gasteiger partial charge in [-0.2, -0.15) is 0 Å². The molecule has 2 N–H and O–H groups in total. The second-order valence-corrected chi connectivity index (χ2v) is 3.43. The molecule has 3 heteroatoms. The van der Waals surface area contributed by atoms with Crippen molar-refractivity contribution in [3.8, 4) is 0 Å². The Morgan fingerprint density at radius 3 is 2.80 bits per heavy atom. The van der Waals surface area contributed by atoms with E-state index in [9.17, 15) is 0 Å². The molecule has 0 aliphatic heterocycles. The fraction of sp³-hybridized carbons (Fsp3) is 0.286. The van der Waals surface area contributed by atoms with Crippen LogP contribution in [0.25, 0.3) is 0 Å². The maximum Gasteiger partial charge on any atom is 0.0578 e.